The van der Waals surface area contributed by atoms with Crippen molar-refractivity contribution >= 4 is 44.9 Å². The van der Waals surface area contributed by atoms with Gasteiger partial charge in [0.25, 0.3) is 0 Å². The van der Waals surface area contributed by atoms with Crippen molar-refractivity contribution in [2.75, 3.05) is 0 Å². The predicted octanol–water partition coefficient (Wildman–Crippen LogP) is 6.50. The van der Waals surface area contributed by atoms with E-state index in [1.807, 2.05) is 43.4 Å². The Kier molecular flexibility index (Phi) is 7.05. The van der Waals surface area contributed by atoms with Crippen LogP contribution in [0.5, 0.6) is 0 Å². The molecule has 2 aromatic carbocycles. The number of hydrogen-bond acceptors (Lipinski definition) is 2. The van der Waals surface area contributed by atoms with Gasteiger partial charge in [0.1, 0.15) is 0 Å². The van der Waals surface area contributed by atoms with Crippen LogP contribution in [0.3, 0.4) is 0 Å². The second kappa shape index (κ2) is 9.91. The minimum Gasteiger partial charge on any atom is -0.355 e. The minimum atomic E-state index is 0.719. The monoisotopic (exact) mass is 409 g/mol. The van der Waals surface area contributed by atoms with Crippen LogP contribution in [0.4, 0.5) is 0 Å². The molecule has 0 fully saturated rings. The van der Waals surface area contributed by atoms with Crippen molar-refractivity contribution in [2.24, 2.45) is 0 Å². The third-order valence-corrected chi connectivity index (χ3v) is 6.05. The fourth-order valence-corrected chi connectivity index (χ4v) is 4.49. The normalized spacial score (nSPS) is 13.6. The fraction of sp³-hybridized carbons (Fsp3) is 0.0714. The van der Waals surface area contributed by atoms with Gasteiger partial charge in [0.05, 0.1) is 0 Å². The third kappa shape index (κ3) is 4.45. The van der Waals surface area contributed by atoms with Crippen LogP contribution in [-0.2, 0) is 0 Å². The van der Waals surface area contributed by atoms with E-state index < -0.39 is 0 Å². The summed E-state index contributed by atoms with van der Waals surface area (Å²) >= 11 is 1.75. The van der Waals surface area contributed by atoms with Gasteiger partial charge in [-0.1, -0.05) is 74.4 Å². The zero-order valence-electron chi connectivity index (χ0n) is 17.4. The lowest BCUT2D eigenvalue weighted by molar-refractivity contribution is 1.03. The average Bonchev–Trinajstić information content (AvgIpc) is 3.09. The molecule has 0 spiro atoms. The molecule has 1 aromatic heterocycles. The van der Waals surface area contributed by atoms with Crippen LogP contribution < -0.4 is 15.1 Å². The highest BCUT2D eigenvalue weighted by molar-refractivity contribution is 7.17. The number of benzene rings is 2. The van der Waals surface area contributed by atoms with Gasteiger partial charge in [-0.3, -0.25) is 0 Å². The van der Waals surface area contributed by atoms with Crippen molar-refractivity contribution in [2.45, 2.75) is 13.3 Å². The summed E-state index contributed by atoms with van der Waals surface area (Å²) in [4.78, 5) is 0. The molecular formula is C28H27NS. The van der Waals surface area contributed by atoms with Gasteiger partial charge in [0.2, 0.25) is 0 Å². The summed E-state index contributed by atoms with van der Waals surface area (Å²) in [6, 6.07) is 12.8. The lowest BCUT2D eigenvalue weighted by Gasteiger charge is -2.12. The first kappa shape index (κ1) is 21.4. The van der Waals surface area contributed by atoms with Crippen molar-refractivity contribution in [1.82, 2.24) is 5.32 Å². The zero-order chi connectivity index (χ0) is 21.5. The Labute approximate surface area is 182 Å². The quantitative estimate of drug-likeness (QED) is 0.331. The van der Waals surface area contributed by atoms with Gasteiger partial charge < -0.3 is 5.32 Å². The molecule has 0 amide bonds. The van der Waals surface area contributed by atoms with E-state index in [-0.39, 0.29) is 0 Å². The molecule has 0 saturated heterocycles. The fourth-order valence-electron chi connectivity index (χ4n) is 3.38. The largest absolute Gasteiger partial charge is 0.355 e. The van der Waals surface area contributed by atoms with Crippen LogP contribution in [0.25, 0.3) is 33.5 Å². The van der Waals surface area contributed by atoms with Gasteiger partial charge in [-0.25, -0.2) is 0 Å². The topological polar surface area (TPSA) is 12.0 Å². The van der Waals surface area contributed by atoms with Crippen molar-refractivity contribution in [3.63, 3.8) is 0 Å². The molecule has 3 rings (SSSR count). The minimum absolute atomic E-state index is 0.719. The highest BCUT2D eigenvalue weighted by Gasteiger charge is 2.07. The van der Waals surface area contributed by atoms with Gasteiger partial charge in [-0.2, -0.15) is 0 Å². The third-order valence-electron chi connectivity index (χ3n) is 4.91. The first-order valence-corrected chi connectivity index (χ1v) is 10.7. The van der Waals surface area contributed by atoms with Crippen LogP contribution in [0, 0.1) is 0 Å². The molecular weight excluding hydrogens is 382 g/mol. The first-order valence-electron chi connectivity index (χ1n) is 9.92. The molecule has 30 heavy (non-hydrogen) atoms. The molecule has 3 aromatic rings. The Morgan fingerprint density at radius 1 is 1.07 bits per heavy atom. The molecule has 0 aliphatic heterocycles. The summed E-state index contributed by atoms with van der Waals surface area (Å²) in [7, 11) is 0. The Hall–Kier alpha value is -3.36. The lowest BCUT2D eigenvalue weighted by Crippen LogP contribution is -2.20. The van der Waals surface area contributed by atoms with Crippen LogP contribution >= 0.6 is 11.3 Å². The molecule has 1 N–H and O–H groups in total. The molecule has 0 atom stereocenters. The van der Waals surface area contributed by atoms with Crippen molar-refractivity contribution in [3.8, 4) is 0 Å². The number of rotatable bonds is 8. The molecule has 0 saturated carbocycles. The molecule has 2 heteroatoms. The molecule has 0 bridgehead atoms. The number of nitrogens with one attached hydrogen (secondary N) is 1. The van der Waals surface area contributed by atoms with Gasteiger partial charge in [-0.05, 0) is 59.2 Å². The van der Waals surface area contributed by atoms with Crippen molar-refractivity contribution < 1.29 is 0 Å². The Morgan fingerprint density at radius 3 is 2.57 bits per heavy atom. The van der Waals surface area contributed by atoms with Gasteiger partial charge in [0, 0.05) is 26.0 Å². The summed E-state index contributed by atoms with van der Waals surface area (Å²) in [6.07, 6.45) is 14.4. The SMILES string of the molecule is C=CC/C(C=C)=C(\C=c1\sc2ccc3ccccc3c2c1=C)N/C(C=C)=C/C=C\C. The van der Waals surface area contributed by atoms with E-state index in [1.54, 1.807) is 11.3 Å². The predicted molar refractivity (Wildman–Crippen MR) is 137 cm³/mol. The second-order valence-corrected chi connectivity index (χ2v) is 7.95. The summed E-state index contributed by atoms with van der Waals surface area (Å²) in [5, 5.41) is 8.25. The number of allylic oxidation sites excluding steroid dienone is 8. The molecule has 150 valence electrons. The smallest absolute Gasteiger partial charge is 0.0434 e. The van der Waals surface area contributed by atoms with E-state index in [2.05, 4.69) is 74.1 Å². The Bertz CT molecular complexity index is 1310. The number of hydrogen-bond donors (Lipinski definition) is 1. The molecule has 1 heterocycles. The van der Waals surface area contributed by atoms with Gasteiger partial charge >= 0.3 is 0 Å². The molecule has 0 aliphatic carbocycles. The number of fused-ring (bicyclic) bond motifs is 3. The molecule has 0 aliphatic rings. The Balaban J connectivity index is 2.26. The van der Waals surface area contributed by atoms with E-state index in [4.69, 9.17) is 0 Å². The van der Waals surface area contributed by atoms with Gasteiger partial charge in [0.15, 0.2) is 0 Å². The van der Waals surface area contributed by atoms with Crippen molar-refractivity contribution in [3.05, 3.63) is 119 Å². The molecule has 0 unspecified atom stereocenters. The highest BCUT2D eigenvalue weighted by atomic mass is 32.1. The maximum absolute atomic E-state index is 4.43. The molecule has 0 radical (unpaired) electrons. The maximum Gasteiger partial charge on any atom is 0.0434 e. The van der Waals surface area contributed by atoms with Crippen molar-refractivity contribution in [1.29, 1.82) is 0 Å². The zero-order valence-corrected chi connectivity index (χ0v) is 18.3. The summed E-state index contributed by atoms with van der Waals surface area (Å²) in [6.45, 7) is 18.3. The Morgan fingerprint density at radius 2 is 1.87 bits per heavy atom. The first-order chi connectivity index (χ1) is 14.6. The van der Waals surface area contributed by atoms with E-state index in [0.717, 1.165) is 33.1 Å². The summed E-state index contributed by atoms with van der Waals surface area (Å²) in [5.74, 6) is 0. The van der Waals surface area contributed by atoms with E-state index in [9.17, 15) is 0 Å². The maximum atomic E-state index is 4.43. The van der Waals surface area contributed by atoms with E-state index >= 15 is 0 Å². The molecule has 1 nitrogen and oxygen atoms in total. The van der Waals surface area contributed by atoms with E-state index in [1.165, 1.54) is 20.9 Å². The highest BCUT2D eigenvalue weighted by Crippen LogP contribution is 2.24. The van der Waals surface area contributed by atoms with Crippen LogP contribution in [0.15, 0.2) is 110 Å². The van der Waals surface area contributed by atoms with Crippen LogP contribution in [0.1, 0.15) is 13.3 Å². The number of thiophene rings is 1. The van der Waals surface area contributed by atoms with Gasteiger partial charge in [-0.15, -0.1) is 17.9 Å². The second-order valence-electron chi connectivity index (χ2n) is 6.86. The summed E-state index contributed by atoms with van der Waals surface area (Å²) < 4.78 is 2.36. The van der Waals surface area contributed by atoms with E-state index in [0.29, 0.717) is 0 Å². The van der Waals surface area contributed by atoms with Crippen LogP contribution in [0.2, 0.25) is 0 Å². The standard InChI is InChI=1S/C28H27NS/c1-6-10-15-23(9-4)29-25(21(8-3)13-7-2)19-27-20(5)28-24-16-12-11-14-22(24)17-18-26(28)30-27/h6-12,14-19,29H,2-5,13H2,1H3/b10-6-,23-15+,25-21+,27-19+. The average molecular weight is 410 g/mol. The van der Waals surface area contributed by atoms with Crippen LogP contribution in [-0.4, -0.2) is 0 Å². The lowest BCUT2D eigenvalue weighted by atomic mass is 10.1. The summed E-state index contributed by atoms with van der Waals surface area (Å²) in [5.41, 5.74) is 2.96.